The minimum atomic E-state index is -4.56. The average Bonchev–Trinajstić information content (AvgIpc) is 3.77. The van der Waals surface area contributed by atoms with Crippen molar-refractivity contribution in [1.82, 2.24) is 0 Å². The number of hydrogen-bond acceptors (Lipinski definition) is 19. The molecular weight excluding hydrogens is 1140 g/mol. The summed E-state index contributed by atoms with van der Waals surface area (Å²) in [6, 6.07) is 6.47. The summed E-state index contributed by atoms with van der Waals surface area (Å²) in [6.45, 7) is 11.9. The van der Waals surface area contributed by atoms with Crippen LogP contribution in [0.2, 0.25) is 0 Å². The Labute approximate surface area is 464 Å². The fraction of sp³-hybridized carbons (Fsp3) is 0.529. The van der Waals surface area contributed by atoms with Crippen LogP contribution in [0, 0.1) is 0 Å². The highest BCUT2D eigenvalue weighted by Gasteiger charge is 2.48. The summed E-state index contributed by atoms with van der Waals surface area (Å²) in [5.41, 5.74) is 3.09. The number of allylic oxidation sites excluding steroid dienone is 6. The van der Waals surface area contributed by atoms with Gasteiger partial charge in [-0.15, -0.1) is 25.3 Å². The molecule has 4 rings (SSSR count). The Morgan fingerprint density at radius 3 is 1.63 bits per heavy atom. The Kier molecular flexibility index (Phi) is 27.0. The molecule has 2 aliphatic heterocycles. The maximum atomic E-state index is 14.1. The molecule has 2 heterocycles. The van der Waals surface area contributed by atoms with E-state index in [-0.39, 0.29) is 87.0 Å². The van der Waals surface area contributed by atoms with Crippen LogP contribution in [-0.4, -0.2) is 139 Å². The zero-order valence-electron chi connectivity index (χ0n) is 44.8. The normalized spacial score (nSPS) is 15.1. The Bertz CT molecular complexity index is 3300. The first-order chi connectivity index (χ1) is 36.5. The highest BCUT2D eigenvalue weighted by Crippen LogP contribution is 2.51. The van der Waals surface area contributed by atoms with Gasteiger partial charge >= 0.3 is 27.2 Å². The minimum absolute atomic E-state index is 0.00359. The van der Waals surface area contributed by atoms with Gasteiger partial charge in [0.25, 0.3) is 20.2 Å². The number of fused-ring (bicyclic) bond motifs is 2. The number of benzene rings is 2. The van der Waals surface area contributed by atoms with Gasteiger partial charge in [0.05, 0.1) is 32.6 Å². The molecule has 23 nitrogen and oxygen atoms in total. The van der Waals surface area contributed by atoms with Crippen LogP contribution in [0.3, 0.4) is 0 Å². The monoisotopic (exact) mass is 1200 g/mol. The number of carbonyl (C=O) groups is 5. The number of ketones is 4. The third kappa shape index (κ3) is 22.4. The van der Waals surface area contributed by atoms with E-state index < -0.39 is 97.2 Å². The maximum Gasteiger partial charge on any atom is 0.425 e. The molecule has 0 spiro atoms. The van der Waals surface area contributed by atoms with Crippen LogP contribution in [0.25, 0.3) is 0 Å². The van der Waals surface area contributed by atoms with Crippen LogP contribution in [0.4, 0.5) is 11.4 Å². The third-order valence-electron chi connectivity index (χ3n) is 12.8. The third-order valence-corrected chi connectivity index (χ3v) is 15.2. The van der Waals surface area contributed by atoms with E-state index >= 15 is 0 Å². The fourth-order valence-corrected chi connectivity index (χ4v) is 11.1. The van der Waals surface area contributed by atoms with Crippen molar-refractivity contribution in [3.05, 3.63) is 93.7 Å². The molecule has 2 aromatic rings. The van der Waals surface area contributed by atoms with Crippen molar-refractivity contribution in [2.24, 2.45) is 0 Å². The van der Waals surface area contributed by atoms with Crippen molar-refractivity contribution < 1.29 is 97.8 Å². The molecule has 3 N–H and O–H groups in total. The average molecular weight is 1210 g/mol. The number of rotatable bonds is 30. The van der Waals surface area contributed by atoms with E-state index in [0.717, 1.165) is 0 Å². The van der Waals surface area contributed by atoms with E-state index in [1.807, 2.05) is 63.2 Å². The molecule has 2 aliphatic rings. The Balaban J connectivity index is 0.00000249. The van der Waals surface area contributed by atoms with Crippen LogP contribution in [0.5, 0.6) is 0 Å². The van der Waals surface area contributed by atoms with Crippen LogP contribution in [-0.2, 0) is 67.2 Å². The summed E-state index contributed by atoms with van der Waals surface area (Å²) in [6.07, 6.45) is 11.6. The summed E-state index contributed by atoms with van der Waals surface area (Å²) in [4.78, 5) is 68.1. The second kappa shape index (κ2) is 30.7. The van der Waals surface area contributed by atoms with Gasteiger partial charge in [0.15, 0.2) is 28.8 Å². The lowest BCUT2D eigenvalue weighted by Crippen LogP contribution is -2.29. The standard InChI is InChI=1S/C51H68N2O15S3.2O3S/c1-7-19-41(54)35-31-37(43(56)20-8-2)48-40(33-35)53(27-18-30-71(66,67)68)46(51(48,5)6)24-12-9-11-23-45-50(3,4)49-38(44(57)21-14-16-28-69(60,61)62)32-36(42(55)22-17-29-70(63,64)65)34-39(49)52(45)26-15-10-13-25-47(58)59;2*1-4(2)3/h9,11-12,23-24,31-34H,7-8,10,13-22,25-30H2,1-6H3,(H3-,58,59,60,61,62,63,64,65,66,67,68);;. The lowest BCUT2D eigenvalue weighted by atomic mass is 9.77. The number of hydrogen-bond donors (Lipinski definition) is 3. The molecular formula is C51H68N2O21S5. The molecule has 0 aliphatic carbocycles. The van der Waals surface area contributed by atoms with E-state index in [1.165, 1.54) is 6.07 Å². The molecule has 0 fully saturated rings. The van der Waals surface area contributed by atoms with E-state index in [2.05, 4.69) is 0 Å². The largest absolute Gasteiger partial charge is 0.748 e. The quantitative estimate of drug-likeness (QED) is 0.0247. The second-order valence-corrected chi connectivity index (χ2v) is 25.1. The number of carbonyl (C=O) groups excluding carboxylic acids is 4. The molecule has 79 heavy (non-hydrogen) atoms. The molecule has 0 unspecified atom stereocenters. The van der Waals surface area contributed by atoms with Gasteiger partial charge in [-0.25, -0.2) is 8.42 Å². The summed E-state index contributed by atoms with van der Waals surface area (Å²) in [5, 5.41) is 9.27. The molecule has 0 saturated heterocycles. The molecule has 438 valence electrons. The first-order valence-corrected chi connectivity index (χ1v) is 31.9. The topological polar surface area (TPSA) is 380 Å². The molecule has 0 amide bonds. The van der Waals surface area contributed by atoms with Crippen molar-refractivity contribution in [3.63, 3.8) is 0 Å². The van der Waals surface area contributed by atoms with Crippen LogP contribution in [0.15, 0.2) is 60.3 Å². The number of aliphatic carboxylic acids is 1. The van der Waals surface area contributed by atoms with Gasteiger partial charge in [-0.1, -0.05) is 45.9 Å². The number of Topliss-reactive ketones (excluding diaryl/α,β-unsaturated/α-hetero) is 4. The second-order valence-electron chi connectivity index (χ2n) is 19.6. The Morgan fingerprint density at radius 2 is 1.09 bits per heavy atom. The SMILES string of the molecule is CCCC(=O)c1cc(C(=O)CCC)c2c(c1)N(CCCS(=O)(=O)[O-])C(=CC=CC=CC1=[N+](CCCCCC(=O)O)c3cc(C(=O)CCCS(=O)(=O)O)cc(C(=O)CCCCS(=O)(=O)O)c3C1(C)C)C2(C)C.O=S(=O)=O.O=S(=O)=O. The zero-order chi connectivity index (χ0) is 60.3. The number of carboxylic acids is 1. The molecule has 28 heteroatoms. The van der Waals surface area contributed by atoms with Gasteiger partial charge in [0.2, 0.25) is 5.69 Å². The van der Waals surface area contributed by atoms with Gasteiger partial charge in [0, 0.05) is 102 Å². The molecule has 2 aromatic carbocycles. The van der Waals surface area contributed by atoms with Gasteiger partial charge in [-0.05, 0) is 95.1 Å². The van der Waals surface area contributed by atoms with E-state index in [0.29, 0.717) is 83.7 Å². The van der Waals surface area contributed by atoms with Crippen molar-refractivity contribution in [2.45, 2.75) is 142 Å². The number of carboxylic acid groups (broad SMARTS) is 1. The zero-order valence-corrected chi connectivity index (χ0v) is 48.8. The lowest BCUT2D eigenvalue weighted by molar-refractivity contribution is -0.438. The molecule has 0 aromatic heterocycles. The minimum Gasteiger partial charge on any atom is -0.748 e. The van der Waals surface area contributed by atoms with E-state index in [4.69, 9.17) is 25.3 Å². The molecule has 0 bridgehead atoms. The highest BCUT2D eigenvalue weighted by molar-refractivity contribution is 7.86. The Morgan fingerprint density at radius 1 is 0.595 bits per heavy atom. The summed E-state index contributed by atoms with van der Waals surface area (Å²) in [7, 11) is -19.4. The summed E-state index contributed by atoms with van der Waals surface area (Å²) < 4.78 is 152. The van der Waals surface area contributed by atoms with Crippen molar-refractivity contribution in [3.8, 4) is 0 Å². The number of anilines is 1. The lowest BCUT2D eigenvalue weighted by Gasteiger charge is -2.27. The predicted octanol–water partition coefficient (Wildman–Crippen LogP) is 6.49. The Hall–Kier alpha value is -5.75. The van der Waals surface area contributed by atoms with Crippen molar-refractivity contribution >= 4 is 97.8 Å². The molecule has 0 radical (unpaired) electrons. The van der Waals surface area contributed by atoms with Crippen LogP contribution < -0.4 is 4.90 Å². The van der Waals surface area contributed by atoms with Gasteiger partial charge in [-0.3, -0.25) is 33.1 Å². The van der Waals surface area contributed by atoms with Gasteiger partial charge in [-0.2, -0.15) is 21.4 Å². The number of nitrogens with zero attached hydrogens (tertiary/aromatic N) is 2. The van der Waals surface area contributed by atoms with Crippen LogP contribution in [0.1, 0.15) is 184 Å². The smallest absolute Gasteiger partial charge is 0.425 e. The highest BCUT2D eigenvalue weighted by atomic mass is 32.2. The van der Waals surface area contributed by atoms with E-state index in [1.54, 1.807) is 36.4 Å². The number of unbranched alkanes of at least 4 members (excludes halogenated alkanes) is 3. The maximum absolute atomic E-state index is 14.1. The van der Waals surface area contributed by atoms with E-state index in [9.17, 15) is 68.0 Å². The fourth-order valence-electron chi connectivity index (χ4n) is 9.50. The predicted molar refractivity (Wildman–Crippen MR) is 290 cm³/mol. The molecule has 0 saturated carbocycles. The van der Waals surface area contributed by atoms with Crippen molar-refractivity contribution in [1.29, 1.82) is 0 Å². The van der Waals surface area contributed by atoms with Crippen molar-refractivity contribution in [2.75, 3.05) is 35.2 Å². The first-order valence-electron chi connectivity index (χ1n) is 25.1. The summed E-state index contributed by atoms with van der Waals surface area (Å²) in [5.74, 6) is -3.92. The van der Waals surface area contributed by atoms with Gasteiger partial charge in [0.1, 0.15) is 6.54 Å². The summed E-state index contributed by atoms with van der Waals surface area (Å²) >= 11 is 0. The first kappa shape index (κ1) is 69.4. The molecule has 0 atom stereocenters. The van der Waals surface area contributed by atoms with Gasteiger partial charge < -0.3 is 14.6 Å². The van der Waals surface area contributed by atoms with Crippen LogP contribution >= 0.6 is 0 Å².